The van der Waals surface area contributed by atoms with Gasteiger partial charge >= 0.3 is 0 Å². The van der Waals surface area contributed by atoms with E-state index in [1.165, 1.54) is 10.9 Å². The van der Waals surface area contributed by atoms with E-state index in [-0.39, 0.29) is 11.2 Å². The molecule has 30 heavy (non-hydrogen) atoms. The van der Waals surface area contributed by atoms with E-state index in [1.54, 1.807) is 0 Å². The number of hydrogen-bond donors (Lipinski definition) is 2. The average Bonchev–Trinajstić information content (AvgIpc) is 3.10. The number of nitrogens with one attached hydrogen (secondary N) is 2. The van der Waals surface area contributed by atoms with Gasteiger partial charge in [0.2, 0.25) is 0 Å². The summed E-state index contributed by atoms with van der Waals surface area (Å²) in [6.45, 7) is 0. The molecule has 0 aliphatic rings. The molecular formula is C22H17BrN6O. The minimum absolute atomic E-state index is 0.170. The second kappa shape index (κ2) is 9.15. The first kappa shape index (κ1) is 19.5. The Morgan fingerprint density at radius 2 is 1.53 bits per heavy atom. The minimum Gasteiger partial charge on any atom is -0.287 e. The van der Waals surface area contributed by atoms with Gasteiger partial charge in [0.05, 0.1) is 23.3 Å². The number of azo groups is 1. The minimum atomic E-state index is -0.314. The second-order valence-corrected chi connectivity index (χ2v) is 7.18. The van der Waals surface area contributed by atoms with Gasteiger partial charge in [-0.25, -0.2) is 4.68 Å². The van der Waals surface area contributed by atoms with E-state index in [9.17, 15) is 4.79 Å². The lowest BCUT2D eigenvalue weighted by molar-refractivity contribution is 0.846. The van der Waals surface area contributed by atoms with E-state index < -0.39 is 0 Å². The van der Waals surface area contributed by atoms with Crippen LogP contribution in [0.1, 0.15) is 5.69 Å². The summed E-state index contributed by atoms with van der Waals surface area (Å²) in [7, 11) is 0. The van der Waals surface area contributed by atoms with Gasteiger partial charge in [0.1, 0.15) is 5.69 Å². The van der Waals surface area contributed by atoms with Crippen molar-refractivity contribution < 1.29 is 0 Å². The lowest BCUT2D eigenvalue weighted by Gasteiger charge is -2.00. The molecule has 4 aromatic rings. The zero-order chi connectivity index (χ0) is 20.8. The normalized spacial score (nSPS) is 11.4. The van der Waals surface area contributed by atoms with Crippen LogP contribution in [0.2, 0.25) is 0 Å². The number of aromatic amines is 1. The number of anilines is 1. The lowest BCUT2D eigenvalue weighted by Crippen LogP contribution is -2.13. The number of hydrogen-bond acceptors (Lipinski definition) is 5. The van der Waals surface area contributed by atoms with Gasteiger partial charge < -0.3 is 0 Å². The van der Waals surface area contributed by atoms with Crippen molar-refractivity contribution in [1.29, 1.82) is 0 Å². The number of nitrogens with zero attached hydrogens (tertiary/aromatic N) is 4. The Bertz CT molecular complexity index is 1230. The van der Waals surface area contributed by atoms with E-state index in [0.29, 0.717) is 17.1 Å². The molecule has 0 atom stereocenters. The van der Waals surface area contributed by atoms with Gasteiger partial charge in [0.25, 0.3) is 5.56 Å². The first-order valence-electron chi connectivity index (χ1n) is 9.12. The number of H-pyrrole nitrogens is 1. The van der Waals surface area contributed by atoms with Crippen LogP contribution in [0.25, 0.3) is 5.69 Å². The van der Waals surface area contributed by atoms with Gasteiger partial charge in [-0.3, -0.25) is 15.3 Å². The Hall–Kier alpha value is -3.78. The smallest absolute Gasteiger partial charge is 0.287 e. The Kier molecular flexibility index (Phi) is 5.95. The van der Waals surface area contributed by atoms with Crippen LogP contribution in [0.4, 0.5) is 17.1 Å². The van der Waals surface area contributed by atoms with Crippen molar-refractivity contribution >= 4 is 39.2 Å². The number of para-hydroxylation sites is 1. The summed E-state index contributed by atoms with van der Waals surface area (Å²) in [4.78, 5) is 13.0. The molecule has 1 aromatic heterocycles. The summed E-state index contributed by atoms with van der Waals surface area (Å²) in [6.07, 6.45) is 1.52. The summed E-state index contributed by atoms with van der Waals surface area (Å²) in [5.74, 6) is 0. The molecule has 7 nitrogen and oxygen atoms in total. The molecule has 0 spiro atoms. The highest BCUT2D eigenvalue weighted by Crippen LogP contribution is 2.19. The highest BCUT2D eigenvalue weighted by atomic mass is 79.9. The fourth-order valence-electron chi connectivity index (χ4n) is 2.69. The third-order valence-electron chi connectivity index (χ3n) is 4.16. The Labute approximate surface area is 180 Å². The Balaban J connectivity index is 1.68. The average molecular weight is 461 g/mol. The number of aromatic nitrogens is 2. The van der Waals surface area contributed by atoms with Crippen LogP contribution in [0, 0.1) is 0 Å². The largest absolute Gasteiger partial charge is 0.299 e. The van der Waals surface area contributed by atoms with Crippen molar-refractivity contribution in [3.63, 3.8) is 0 Å². The van der Waals surface area contributed by atoms with Gasteiger partial charge in [-0.15, -0.1) is 5.11 Å². The standard InChI is InChI=1S/C22H17BrN6O/c23-16-11-13-18(14-12-16)25-24-15-20-21(27-26-17-7-3-1-4-8-17)22(30)29(28-20)19-9-5-2-6-10-19/h1-15,25,28H. The zero-order valence-electron chi connectivity index (χ0n) is 15.7. The maximum atomic E-state index is 13.0. The highest BCUT2D eigenvalue weighted by Gasteiger charge is 2.14. The topological polar surface area (TPSA) is 86.9 Å². The fourth-order valence-corrected chi connectivity index (χ4v) is 2.95. The molecule has 8 heteroatoms. The molecule has 0 amide bonds. The van der Waals surface area contributed by atoms with E-state index in [4.69, 9.17) is 0 Å². The van der Waals surface area contributed by atoms with Crippen molar-refractivity contribution in [2.75, 3.05) is 5.43 Å². The molecule has 1 heterocycles. The van der Waals surface area contributed by atoms with Crippen molar-refractivity contribution in [2.45, 2.75) is 0 Å². The van der Waals surface area contributed by atoms with E-state index >= 15 is 0 Å². The van der Waals surface area contributed by atoms with Gasteiger partial charge in [0, 0.05) is 4.47 Å². The van der Waals surface area contributed by atoms with Crippen molar-refractivity contribution in [1.82, 2.24) is 9.78 Å². The lowest BCUT2D eigenvalue weighted by atomic mass is 10.3. The molecule has 0 bridgehead atoms. The van der Waals surface area contributed by atoms with Crippen LogP contribution >= 0.6 is 15.9 Å². The van der Waals surface area contributed by atoms with E-state index in [0.717, 1.165) is 10.2 Å². The van der Waals surface area contributed by atoms with Gasteiger partial charge in [-0.1, -0.05) is 52.3 Å². The third kappa shape index (κ3) is 4.61. The van der Waals surface area contributed by atoms with E-state index in [2.05, 4.69) is 41.8 Å². The first-order chi connectivity index (χ1) is 14.7. The van der Waals surface area contributed by atoms with Crippen LogP contribution in [-0.4, -0.2) is 16.0 Å². The number of halogens is 1. The van der Waals surface area contributed by atoms with Crippen LogP contribution in [0.3, 0.4) is 0 Å². The monoisotopic (exact) mass is 460 g/mol. The predicted octanol–water partition coefficient (Wildman–Crippen LogP) is 5.79. The van der Waals surface area contributed by atoms with E-state index in [1.807, 2.05) is 84.9 Å². The molecule has 0 saturated carbocycles. The maximum Gasteiger partial charge on any atom is 0.299 e. The molecule has 0 saturated heterocycles. The molecular weight excluding hydrogens is 444 g/mol. The first-order valence-corrected chi connectivity index (χ1v) is 9.92. The zero-order valence-corrected chi connectivity index (χ0v) is 17.3. The van der Waals surface area contributed by atoms with Gasteiger partial charge in [-0.05, 0) is 48.5 Å². The number of rotatable bonds is 6. The molecule has 0 aliphatic heterocycles. The summed E-state index contributed by atoms with van der Waals surface area (Å²) in [5.41, 5.74) is 5.39. The van der Waals surface area contributed by atoms with Crippen LogP contribution in [0.15, 0.2) is 110 Å². The van der Waals surface area contributed by atoms with Crippen molar-refractivity contribution in [3.8, 4) is 5.69 Å². The maximum absolute atomic E-state index is 13.0. The predicted molar refractivity (Wildman–Crippen MR) is 122 cm³/mol. The quantitative estimate of drug-likeness (QED) is 0.216. The summed E-state index contributed by atoms with van der Waals surface area (Å²) in [6, 6.07) is 26.1. The molecule has 0 unspecified atom stereocenters. The molecule has 2 N–H and O–H groups in total. The molecule has 0 fully saturated rings. The Morgan fingerprint density at radius 3 is 2.23 bits per heavy atom. The fraction of sp³-hybridized carbons (Fsp3) is 0. The summed E-state index contributed by atoms with van der Waals surface area (Å²) >= 11 is 3.40. The summed E-state index contributed by atoms with van der Waals surface area (Å²) in [5, 5.41) is 15.7. The van der Waals surface area contributed by atoms with Gasteiger partial charge in [-0.2, -0.15) is 10.2 Å². The number of benzene rings is 3. The highest BCUT2D eigenvalue weighted by molar-refractivity contribution is 9.10. The molecule has 4 rings (SSSR count). The SMILES string of the molecule is O=c1c(N=Nc2ccccc2)c(C=NNc2ccc(Br)cc2)[nH]n1-c1ccccc1. The van der Waals surface area contributed by atoms with Crippen molar-refractivity contribution in [2.24, 2.45) is 15.3 Å². The second-order valence-electron chi connectivity index (χ2n) is 6.26. The molecule has 148 valence electrons. The number of hydrazone groups is 1. The third-order valence-corrected chi connectivity index (χ3v) is 4.69. The summed E-state index contributed by atoms with van der Waals surface area (Å²) < 4.78 is 2.39. The van der Waals surface area contributed by atoms with Crippen LogP contribution in [-0.2, 0) is 0 Å². The van der Waals surface area contributed by atoms with Crippen LogP contribution in [0.5, 0.6) is 0 Å². The molecule has 3 aromatic carbocycles. The van der Waals surface area contributed by atoms with Gasteiger partial charge in [0.15, 0.2) is 5.69 Å². The molecule has 0 radical (unpaired) electrons. The van der Waals surface area contributed by atoms with Crippen molar-refractivity contribution in [3.05, 3.63) is 105 Å². The van der Waals surface area contributed by atoms with Crippen LogP contribution < -0.4 is 11.0 Å². The molecule has 0 aliphatic carbocycles. The Morgan fingerprint density at radius 1 is 0.867 bits per heavy atom.